The van der Waals surface area contributed by atoms with Crippen molar-refractivity contribution in [2.24, 2.45) is 0 Å². The van der Waals surface area contributed by atoms with Gasteiger partial charge in [-0.05, 0) is 41.2 Å². The van der Waals surface area contributed by atoms with E-state index in [-0.39, 0.29) is 22.5 Å². The molecule has 4 heteroatoms. The van der Waals surface area contributed by atoms with E-state index in [4.69, 9.17) is 4.42 Å². The van der Waals surface area contributed by atoms with Gasteiger partial charge in [0.05, 0.1) is 17.0 Å². The molecule has 0 aliphatic carbocycles. The molecular formula is C29H27NO3. The zero-order valence-electron chi connectivity index (χ0n) is 19.4. The fourth-order valence-corrected chi connectivity index (χ4v) is 4.53. The van der Waals surface area contributed by atoms with Gasteiger partial charge in [0.1, 0.15) is 5.58 Å². The number of hydrogen-bond acceptors (Lipinski definition) is 3. The van der Waals surface area contributed by atoms with Gasteiger partial charge in [0.25, 0.3) is 5.91 Å². The van der Waals surface area contributed by atoms with E-state index in [1.54, 1.807) is 17.0 Å². The lowest BCUT2D eigenvalue weighted by atomic mass is 9.86. The molecule has 0 fully saturated rings. The molecule has 2 heterocycles. The first-order chi connectivity index (χ1) is 15.7. The van der Waals surface area contributed by atoms with E-state index in [0.717, 1.165) is 16.7 Å². The number of carbonyl (C=O) groups excluding carboxylic acids is 1. The van der Waals surface area contributed by atoms with Crippen molar-refractivity contribution in [3.8, 4) is 0 Å². The van der Waals surface area contributed by atoms with Crippen molar-refractivity contribution in [2.45, 2.75) is 45.7 Å². The maximum atomic E-state index is 13.6. The topological polar surface area (TPSA) is 50.5 Å². The second kappa shape index (κ2) is 7.73. The predicted octanol–water partition coefficient (Wildman–Crippen LogP) is 6.14. The average Bonchev–Trinajstić information content (AvgIpc) is 3.07. The van der Waals surface area contributed by atoms with E-state index in [1.807, 2.05) is 55.5 Å². The van der Waals surface area contributed by atoms with Crippen LogP contribution < -0.4 is 5.43 Å². The standard InChI is InChI=1S/C29H27NO3/c1-18-9-11-19(12-10-18)17-30-25(20-13-15-21(16-14-20)29(2,3)4)24-26(31)22-7-5-6-8-23(22)33-27(24)28(30)32/h5-16,25H,17H2,1-4H3/t25-/m1/s1. The molecular weight excluding hydrogens is 410 g/mol. The van der Waals surface area contributed by atoms with Crippen molar-refractivity contribution in [3.05, 3.63) is 117 Å². The zero-order chi connectivity index (χ0) is 23.3. The van der Waals surface area contributed by atoms with Crippen LogP contribution >= 0.6 is 0 Å². The third kappa shape index (κ3) is 3.66. The molecule has 0 saturated carbocycles. The quantitative estimate of drug-likeness (QED) is 0.387. The van der Waals surface area contributed by atoms with E-state index >= 15 is 0 Å². The second-order valence-electron chi connectivity index (χ2n) is 9.86. The summed E-state index contributed by atoms with van der Waals surface area (Å²) in [6.07, 6.45) is 0. The third-order valence-electron chi connectivity index (χ3n) is 6.44. The molecule has 0 saturated heterocycles. The summed E-state index contributed by atoms with van der Waals surface area (Å²) < 4.78 is 6.02. The van der Waals surface area contributed by atoms with Crippen LogP contribution in [-0.4, -0.2) is 10.8 Å². The van der Waals surface area contributed by atoms with Gasteiger partial charge in [-0.25, -0.2) is 0 Å². The normalized spacial score (nSPS) is 15.8. The van der Waals surface area contributed by atoms with Gasteiger partial charge in [-0.3, -0.25) is 9.59 Å². The molecule has 4 nitrogen and oxygen atoms in total. The van der Waals surface area contributed by atoms with Gasteiger partial charge >= 0.3 is 0 Å². The molecule has 0 bridgehead atoms. The fraction of sp³-hybridized carbons (Fsp3) is 0.241. The number of hydrogen-bond donors (Lipinski definition) is 0. The first-order valence-corrected chi connectivity index (χ1v) is 11.3. The van der Waals surface area contributed by atoms with Crippen LogP contribution in [0.25, 0.3) is 11.0 Å². The molecule has 1 aliphatic heterocycles. The van der Waals surface area contributed by atoms with Gasteiger partial charge in [0, 0.05) is 6.54 Å². The third-order valence-corrected chi connectivity index (χ3v) is 6.44. The lowest BCUT2D eigenvalue weighted by Gasteiger charge is -2.26. The Hall–Kier alpha value is -3.66. The Balaban J connectivity index is 1.68. The van der Waals surface area contributed by atoms with Crippen molar-refractivity contribution < 1.29 is 9.21 Å². The van der Waals surface area contributed by atoms with Crippen LogP contribution in [0.5, 0.6) is 0 Å². The van der Waals surface area contributed by atoms with Crippen molar-refractivity contribution in [1.29, 1.82) is 0 Å². The van der Waals surface area contributed by atoms with Gasteiger partial charge in [0.2, 0.25) is 5.76 Å². The van der Waals surface area contributed by atoms with Gasteiger partial charge in [-0.1, -0.05) is 87.0 Å². The maximum Gasteiger partial charge on any atom is 0.291 e. The minimum absolute atomic E-state index is 0.0126. The van der Waals surface area contributed by atoms with Crippen molar-refractivity contribution >= 4 is 16.9 Å². The molecule has 1 atom stereocenters. The average molecular weight is 438 g/mol. The van der Waals surface area contributed by atoms with Gasteiger partial charge in [-0.15, -0.1) is 0 Å². The number of carbonyl (C=O) groups is 1. The second-order valence-corrected chi connectivity index (χ2v) is 9.86. The van der Waals surface area contributed by atoms with Crippen LogP contribution in [0.3, 0.4) is 0 Å². The van der Waals surface area contributed by atoms with Crippen LogP contribution in [-0.2, 0) is 12.0 Å². The number of aryl methyl sites for hydroxylation is 1. The largest absolute Gasteiger partial charge is 0.450 e. The minimum Gasteiger partial charge on any atom is -0.450 e. The lowest BCUT2D eigenvalue weighted by Crippen LogP contribution is -2.29. The molecule has 33 heavy (non-hydrogen) atoms. The van der Waals surface area contributed by atoms with Crippen LogP contribution in [0.2, 0.25) is 0 Å². The van der Waals surface area contributed by atoms with Crippen LogP contribution in [0, 0.1) is 6.92 Å². The highest BCUT2D eigenvalue weighted by Gasteiger charge is 2.42. The molecule has 1 aromatic heterocycles. The lowest BCUT2D eigenvalue weighted by molar-refractivity contribution is 0.0714. The number of benzene rings is 3. The summed E-state index contributed by atoms with van der Waals surface area (Å²) in [6, 6.07) is 23.0. The first-order valence-electron chi connectivity index (χ1n) is 11.3. The maximum absolute atomic E-state index is 13.6. The highest BCUT2D eigenvalue weighted by molar-refractivity contribution is 5.99. The molecule has 0 radical (unpaired) electrons. The highest BCUT2D eigenvalue weighted by Crippen LogP contribution is 2.39. The first kappa shape index (κ1) is 21.2. The van der Waals surface area contributed by atoms with Crippen molar-refractivity contribution in [2.75, 3.05) is 0 Å². The molecule has 166 valence electrons. The zero-order valence-corrected chi connectivity index (χ0v) is 19.4. The summed E-state index contributed by atoms with van der Waals surface area (Å²) in [5, 5.41) is 0.498. The Kier molecular flexibility index (Phi) is 4.97. The molecule has 0 unspecified atom stereocenters. The predicted molar refractivity (Wildman–Crippen MR) is 131 cm³/mol. The summed E-state index contributed by atoms with van der Waals surface area (Å²) in [7, 11) is 0. The van der Waals surface area contributed by atoms with Crippen molar-refractivity contribution in [1.82, 2.24) is 4.90 Å². The summed E-state index contributed by atoms with van der Waals surface area (Å²) in [5.74, 6) is -0.103. The Morgan fingerprint density at radius 2 is 1.55 bits per heavy atom. The van der Waals surface area contributed by atoms with E-state index in [2.05, 4.69) is 32.9 Å². The molecule has 4 aromatic rings. The molecule has 0 N–H and O–H groups in total. The van der Waals surface area contributed by atoms with E-state index in [9.17, 15) is 9.59 Å². The number of fused-ring (bicyclic) bond motifs is 2. The van der Waals surface area contributed by atoms with Crippen molar-refractivity contribution in [3.63, 3.8) is 0 Å². The SMILES string of the molecule is Cc1ccc(CN2C(=O)c3oc4ccccc4c(=O)c3[C@H]2c2ccc(C(C)(C)C)cc2)cc1. The Morgan fingerprint density at radius 1 is 0.879 bits per heavy atom. The van der Waals surface area contributed by atoms with Crippen LogP contribution in [0.15, 0.2) is 82.0 Å². The number of para-hydroxylation sites is 1. The smallest absolute Gasteiger partial charge is 0.291 e. The number of nitrogens with zero attached hydrogens (tertiary/aromatic N) is 1. The molecule has 5 rings (SSSR count). The van der Waals surface area contributed by atoms with E-state index in [0.29, 0.717) is 23.1 Å². The summed E-state index contributed by atoms with van der Waals surface area (Å²) in [6.45, 7) is 8.93. The Bertz CT molecular complexity index is 1410. The molecule has 1 amide bonds. The highest BCUT2D eigenvalue weighted by atomic mass is 16.3. The minimum atomic E-state index is -0.497. The number of rotatable bonds is 3. The van der Waals surface area contributed by atoms with Crippen LogP contribution in [0.4, 0.5) is 0 Å². The van der Waals surface area contributed by atoms with E-state index < -0.39 is 6.04 Å². The Morgan fingerprint density at radius 3 is 2.21 bits per heavy atom. The molecule has 1 aliphatic rings. The molecule has 0 spiro atoms. The van der Waals surface area contributed by atoms with Crippen LogP contribution in [0.1, 0.15) is 65.2 Å². The van der Waals surface area contributed by atoms with Gasteiger partial charge < -0.3 is 9.32 Å². The van der Waals surface area contributed by atoms with Gasteiger partial charge in [-0.2, -0.15) is 0 Å². The number of amides is 1. The monoisotopic (exact) mass is 437 g/mol. The summed E-state index contributed by atoms with van der Waals surface area (Å²) in [5.41, 5.74) is 5.01. The van der Waals surface area contributed by atoms with Gasteiger partial charge in [0.15, 0.2) is 5.43 Å². The molecule has 3 aromatic carbocycles. The van der Waals surface area contributed by atoms with E-state index in [1.165, 1.54) is 5.56 Å². The fourth-order valence-electron chi connectivity index (χ4n) is 4.53. The summed E-state index contributed by atoms with van der Waals surface area (Å²) >= 11 is 0. The summed E-state index contributed by atoms with van der Waals surface area (Å²) in [4.78, 5) is 28.9. The Labute approximate surface area is 193 Å².